The molecule has 0 aliphatic rings. The van der Waals surface area contributed by atoms with Gasteiger partial charge in [0.1, 0.15) is 0 Å². The van der Waals surface area contributed by atoms with Gasteiger partial charge in [0.2, 0.25) is 0 Å². The number of nitrogens with one attached hydrogen (secondary N) is 2. The predicted octanol–water partition coefficient (Wildman–Crippen LogP) is 4.19. The van der Waals surface area contributed by atoms with E-state index in [1.54, 1.807) is 0 Å². The van der Waals surface area contributed by atoms with Crippen LogP contribution in [0.15, 0.2) is 54.6 Å². The standard InChI is InChI=1S/C23H31N3/c24-13-5-6-14-25-15-7-8-16-26-18-23-21-11-3-1-9-19(21)17-20-10-2-4-12-22(20)23/h1-4,9-12,17,25-26H,5-8,13-16,18,24H2. The summed E-state index contributed by atoms with van der Waals surface area (Å²) in [5.41, 5.74) is 6.92. The SMILES string of the molecule is NCCCCNCCCCNCc1c2ccccc2cc2ccccc12. The third-order valence-electron chi connectivity index (χ3n) is 4.95. The molecule has 0 atom stereocenters. The van der Waals surface area contributed by atoms with Crippen LogP contribution in [-0.4, -0.2) is 26.2 Å². The van der Waals surface area contributed by atoms with E-state index in [0.717, 1.165) is 39.1 Å². The molecular formula is C23H31N3. The lowest BCUT2D eigenvalue weighted by Crippen LogP contribution is -2.20. The molecule has 3 aromatic carbocycles. The van der Waals surface area contributed by atoms with Crippen LogP contribution in [0.5, 0.6) is 0 Å². The molecule has 0 aliphatic heterocycles. The van der Waals surface area contributed by atoms with Crippen LogP contribution >= 0.6 is 0 Å². The lowest BCUT2D eigenvalue weighted by atomic mass is 9.97. The fourth-order valence-corrected chi connectivity index (χ4v) is 3.53. The summed E-state index contributed by atoms with van der Waals surface area (Å²) < 4.78 is 0. The van der Waals surface area contributed by atoms with Crippen molar-refractivity contribution in [2.24, 2.45) is 5.73 Å². The number of unbranched alkanes of at least 4 members (excludes halogenated alkanes) is 2. The maximum Gasteiger partial charge on any atom is 0.0217 e. The minimum atomic E-state index is 0.800. The van der Waals surface area contributed by atoms with E-state index in [0.29, 0.717) is 0 Å². The zero-order valence-corrected chi connectivity index (χ0v) is 15.6. The van der Waals surface area contributed by atoms with Gasteiger partial charge in [0.25, 0.3) is 0 Å². The van der Waals surface area contributed by atoms with Crippen molar-refractivity contribution in [3.05, 3.63) is 60.2 Å². The van der Waals surface area contributed by atoms with E-state index >= 15 is 0 Å². The summed E-state index contributed by atoms with van der Waals surface area (Å²) >= 11 is 0. The van der Waals surface area contributed by atoms with Crippen molar-refractivity contribution >= 4 is 21.5 Å². The third-order valence-corrected chi connectivity index (χ3v) is 4.95. The molecule has 0 aliphatic carbocycles. The highest BCUT2D eigenvalue weighted by molar-refractivity contribution is 6.02. The van der Waals surface area contributed by atoms with Crippen molar-refractivity contribution in [1.82, 2.24) is 10.6 Å². The number of nitrogens with two attached hydrogens (primary N) is 1. The Hall–Kier alpha value is -1.94. The Balaban J connectivity index is 1.52. The Bertz CT molecular complexity index is 759. The Labute approximate surface area is 157 Å². The highest BCUT2D eigenvalue weighted by atomic mass is 14.9. The van der Waals surface area contributed by atoms with Gasteiger partial charge in [-0.1, -0.05) is 48.5 Å². The van der Waals surface area contributed by atoms with Gasteiger partial charge in [0.15, 0.2) is 0 Å². The second-order valence-corrected chi connectivity index (χ2v) is 6.93. The summed E-state index contributed by atoms with van der Waals surface area (Å²) in [4.78, 5) is 0. The van der Waals surface area contributed by atoms with Gasteiger partial charge in [-0.15, -0.1) is 0 Å². The summed E-state index contributed by atoms with van der Waals surface area (Å²) in [6, 6.07) is 19.7. The van der Waals surface area contributed by atoms with E-state index in [2.05, 4.69) is 65.2 Å². The molecule has 0 saturated heterocycles. The second kappa shape index (κ2) is 10.3. The van der Waals surface area contributed by atoms with E-state index in [9.17, 15) is 0 Å². The van der Waals surface area contributed by atoms with Crippen molar-refractivity contribution in [1.29, 1.82) is 0 Å². The van der Waals surface area contributed by atoms with Gasteiger partial charge in [0.05, 0.1) is 0 Å². The first kappa shape index (κ1) is 18.8. The molecule has 138 valence electrons. The van der Waals surface area contributed by atoms with Crippen LogP contribution in [0, 0.1) is 0 Å². The van der Waals surface area contributed by atoms with Crippen molar-refractivity contribution in [2.45, 2.75) is 32.2 Å². The number of benzene rings is 3. The van der Waals surface area contributed by atoms with Crippen LogP contribution < -0.4 is 16.4 Å². The summed E-state index contributed by atoms with van der Waals surface area (Å²) in [6.45, 7) is 4.97. The summed E-state index contributed by atoms with van der Waals surface area (Å²) in [5.74, 6) is 0. The van der Waals surface area contributed by atoms with Crippen LogP contribution in [0.4, 0.5) is 0 Å². The highest BCUT2D eigenvalue weighted by Crippen LogP contribution is 2.28. The first-order chi connectivity index (χ1) is 12.9. The molecular weight excluding hydrogens is 318 g/mol. The van der Waals surface area contributed by atoms with Gasteiger partial charge in [-0.3, -0.25) is 0 Å². The molecule has 4 N–H and O–H groups in total. The molecule has 0 aromatic heterocycles. The lowest BCUT2D eigenvalue weighted by molar-refractivity contribution is 0.569. The quantitative estimate of drug-likeness (QED) is 0.359. The number of hydrogen-bond donors (Lipinski definition) is 3. The second-order valence-electron chi connectivity index (χ2n) is 6.93. The third kappa shape index (κ3) is 5.04. The molecule has 3 rings (SSSR count). The van der Waals surface area contributed by atoms with Gasteiger partial charge in [-0.2, -0.15) is 0 Å². The average Bonchev–Trinajstić information content (AvgIpc) is 2.68. The summed E-state index contributed by atoms with van der Waals surface area (Å²) in [6.07, 6.45) is 4.72. The van der Waals surface area contributed by atoms with Gasteiger partial charge in [-0.05, 0) is 85.0 Å². The summed E-state index contributed by atoms with van der Waals surface area (Å²) in [5, 5.41) is 12.5. The molecule has 0 unspecified atom stereocenters. The first-order valence-corrected chi connectivity index (χ1v) is 9.91. The van der Waals surface area contributed by atoms with E-state index in [4.69, 9.17) is 5.73 Å². The lowest BCUT2D eigenvalue weighted by Gasteiger charge is -2.13. The van der Waals surface area contributed by atoms with E-state index in [-0.39, 0.29) is 0 Å². The van der Waals surface area contributed by atoms with E-state index < -0.39 is 0 Å². The number of fused-ring (bicyclic) bond motifs is 2. The van der Waals surface area contributed by atoms with Crippen molar-refractivity contribution < 1.29 is 0 Å². The van der Waals surface area contributed by atoms with Crippen LogP contribution in [-0.2, 0) is 6.54 Å². The molecule has 0 fully saturated rings. The average molecular weight is 350 g/mol. The molecule has 3 aromatic rings. The van der Waals surface area contributed by atoms with Crippen LogP contribution in [0.3, 0.4) is 0 Å². The molecule has 3 heteroatoms. The fourth-order valence-electron chi connectivity index (χ4n) is 3.53. The minimum Gasteiger partial charge on any atom is -0.330 e. The normalized spacial score (nSPS) is 11.4. The van der Waals surface area contributed by atoms with Crippen LogP contribution in [0.2, 0.25) is 0 Å². The zero-order valence-electron chi connectivity index (χ0n) is 15.6. The largest absolute Gasteiger partial charge is 0.330 e. The Morgan fingerprint density at radius 2 is 1.19 bits per heavy atom. The molecule has 26 heavy (non-hydrogen) atoms. The zero-order chi connectivity index (χ0) is 18.0. The molecule has 3 nitrogen and oxygen atoms in total. The molecule has 0 radical (unpaired) electrons. The van der Waals surface area contributed by atoms with Crippen molar-refractivity contribution in [3.63, 3.8) is 0 Å². The Morgan fingerprint density at radius 3 is 1.81 bits per heavy atom. The maximum absolute atomic E-state index is 5.51. The summed E-state index contributed by atoms with van der Waals surface area (Å²) in [7, 11) is 0. The van der Waals surface area contributed by atoms with Crippen molar-refractivity contribution in [2.75, 3.05) is 26.2 Å². The highest BCUT2D eigenvalue weighted by Gasteiger charge is 2.06. The number of rotatable bonds is 11. The van der Waals surface area contributed by atoms with E-state index in [1.165, 1.54) is 46.4 Å². The molecule has 0 spiro atoms. The molecule has 0 bridgehead atoms. The molecule has 0 heterocycles. The van der Waals surface area contributed by atoms with Crippen LogP contribution in [0.25, 0.3) is 21.5 Å². The Kier molecular flexibility index (Phi) is 7.44. The molecule has 0 saturated carbocycles. The van der Waals surface area contributed by atoms with Gasteiger partial charge in [-0.25, -0.2) is 0 Å². The van der Waals surface area contributed by atoms with Gasteiger partial charge in [0, 0.05) is 6.54 Å². The smallest absolute Gasteiger partial charge is 0.0217 e. The van der Waals surface area contributed by atoms with Gasteiger partial charge < -0.3 is 16.4 Å². The first-order valence-electron chi connectivity index (χ1n) is 9.91. The maximum atomic E-state index is 5.51. The monoisotopic (exact) mass is 349 g/mol. The molecule has 0 amide bonds. The Morgan fingerprint density at radius 1 is 0.654 bits per heavy atom. The minimum absolute atomic E-state index is 0.800. The van der Waals surface area contributed by atoms with Crippen molar-refractivity contribution in [3.8, 4) is 0 Å². The van der Waals surface area contributed by atoms with Crippen LogP contribution in [0.1, 0.15) is 31.2 Å². The topological polar surface area (TPSA) is 50.1 Å². The predicted molar refractivity (Wildman–Crippen MR) is 114 cm³/mol. The number of hydrogen-bond acceptors (Lipinski definition) is 3. The fraction of sp³-hybridized carbons (Fsp3) is 0.391. The van der Waals surface area contributed by atoms with E-state index in [1.807, 2.05) is 0 Å². The van der Waals surface area contributed by atoms with Gasteiger partial charge >= 0.3 is 0 Å².